The van der Waals surface area contributed by atoms with Crippen molar-refractivity contribution in [3.8, 4) is 0 Å². The minimum atomic E-state index is -1.12. The lowest BCUT2D eigenvalue weighted by atomic mass is 9.96. The number of urea groups is 1. The maximum atomic E-state index is 12.2. The number of nitrogens with one attached hydrogen (secondary N) is 2. The molecule has 148 valence electrons. The van der Waals surface area contributed by atoms with Crippen molar-refractivity contribution in [2.24, 2.45) is 0 Å². The fraction of sp³-hybridized carbons (Fsp3) is 0.889. The summed E-state index contributed by atoms with van der Waals surface area (Å²) in [6, 6.07) is -0.0756. The number of nitrogens with zero attached hydrogens (tertiary/aromatic N) is 1. The van der Waals surface area contributed by atoms with Gasteiger partial charge < -0.3 is 30.5 Å². The first-order valence-electron chi connectivity index (χ1n) is 9.88. The number of likely N-dealkylation sites (tertiary alicyclic amines) is 1. The quantitative estimate of drug-likeness (QED) is 0.550. The average Bonchev–Trinajstić information content (AvgIpc) is 3.26. The SMILES string of the molecule is O=C(NCC1OC(CC(=O)N2CCCC2)C(O)C1O)NC1CCCCC1. The zero-order chi connectivity index (χ0) is 18.5. The fourth-order valence-electron chi connectivity index (χ4n) is 4.11. The Kier molecular flexibility index (Phi) is 6.72. The first kappa shape index (κ1) is 19.4. The van der Waals surface area contributed by atoms with E-state index in [1.807, 2.05) is 0 Å². The molecule has 3 fully saturated rings. The smallest absolute Gasteiger partial charge is 0.315 e. The van der Waals surface area contributed by atoms with Gasteiger partial charge >= 0.3 is 6.03 Å². The van der Waals surface area contributed by atoms with Crippen LogP contribution in [0.2, 0.25) is 0 Å². The van der Waals surface area contributed by atoms with Crippen molar-refractivity contribution < 1.29 is 24.5 Å². The van der Waals surface area contributed by atoms with Gasteiger partial charge in [-0.15, -0.1) is 0 Å². The van der Waals surface area contributed by atoms with Crippen LogP contribution >= 0.6 is 0 Å². The number of hydrogen-bond donors (Lipinski definition) is 4. The number of rotatable bonds is 5. The third-order valence-corrected chi connectivity index (χ3v) is 5.70. The Morgan fingerprint density at radius 3 is 2.31 bits per heavy atom. The summed E-state index contributed by atoms with van der Waals surface area (Å²) >= 11 is 0. The van der Waals surface area contributed by atoms with E-state index in [9.17, 15) is 19.8 Å². The van der Waals surface area contributed by atoms with Crippen LogP contribution in [-0.2, 0) is 9.53 Å². The monoisotopic (exact) mass is 369 g/mol. The minimum absolute atomic E-state index is 0.0533. The number of hydrogen-bond acceptors (Lipinski definition) is 5. The Hall–Kier alpha value is -1.38. The van der Waals surface area contributed by atoms with Crippen LogP contribution < -0.4 is 10.6 Å². The van der Waals surface area contributed by atoms with Crippen molar-refractivity contribution in [2.75, 3.05) is 19.6 Å². The zero-order valence-electron chi connectivity index (χ0n) is 15.2. The van der Waals surface area contributed by atoms with Crippen LogP contribution in [0, 0.1) is 0 Å². The molecule has 4 unspecified atom stereocenters. The molecule has 2 heterocycles. The highest BCUT2D eigenvalue weighted by Gasteiger charge is 2.44. The Morgan fingerprint density at radius 1 is 0.962 bits per heavy atom. The van der Waals surface area contributed by atoms with E-state index in [0.29, 0.717) is 0 Å². The fourth-order valence-corrected chi connectivity index (χ4v) is 4.11. The molecule has 0 radical (unpaired) electrons. The predicted molar refractivity (Wildman–Crippen MR) is 94.5 cm³/mol. The Morgan fingerprint density at radius 2 is 1.62 bits per heavy atom. The van der Waals surface area contributed by atoms with E-state index in [0.717, 1.165) is 51.6 Å². The molecule has 1 saturated carbocycles. The van der Waals surface area contributed by atoms with Crippen LogP contribution in [0.1, 0.15) is 51.4 Å². The molecule has 0 aromatic rings. The van der Waals surface area contributed by atoms with E-state index >= 15 is 0 Å². The van der Waals surface area contributed by atoms with Crippen molar-refractivity contribution in [2.45, 2.75) is 81.8 Å². The maximum Gasteiger partial charge on any atom is 0.315 e. The molecular formula is C18H31N3O5. The van der Waals surface area contributed by atoms with Gasteiger partial charge in [-0.25, -0.2) is 4.79 Å². The van der Waals surface area contributed by atoms with Gasteiger partial charge in [0, 0.05) is 25.7 Å². The largest absolute Gasteiger partial charge is 0.388 e. The first-order valence-corrected chi connectivity index (χ1v) is 9.88. The van der Waals surface area contributed by atoms with Gasteiger partial charge in [0.15, 0.2) is 0 Å². The highest BCUT2D eigenvalue weighted by molar-refractivity contribution is 5.77. The van der Waals surface area contributed by atoms with Crippen LogP contribution in [-0.4, -0.2) is 77.1 Å². The second-order valence-electron chi connectivity index (χ2n) is 7.68. The van der Waals surface area contributed by atoms with E-state index in [-0.39, 0.29) is 30.9 Å². The lowest BCUT2D eigenvalue weighted by molar-refractivity contribution is -0.134. The van der Waals surface area contributed by atoms with Crippen LogP contribution in [0.4, 0.5) is 4.79 Å². The molecular weight excluding hydrogens is 338 g/mol. The molecule has 2 aliphatic heterocycles. The third kappa shape index (κ3) is 4.86. The Labute approximate surface area is 154 Å². The zero-order valence-corrected chi connectivity index (χ0v) is 15.2. The van der Waals surface area contributed by atoms with Gasteiger partial charge in [-0.3, -0.25) is 4.79 Å². The number of carbonyl (C=O) groups excluding carboxylic acids is 2. The van der Waals surface area contributed by atoms with Crippen LogP contribution in [0.5, 0.6) is 0 Å². The molecule has 3 rings (SSSR count). The van der Waals surface area contributed by atoms with E-state index in [1.54, 1.807) is 4.90 Å². The molecule has 4 atom stereocenters. The molecule has 8 heteroatoms. The van der Waals surface area contributed by atoms with Crippen molar-refractivity contribution in [1.82, 2.24) is 15.5 Å². The summed E-state index contributed by atoms with van der Waals surface area (Å²) in [7, 11) is 0. The van der Waals surface area contributed by atoms with Gasteiger partial charge in [0.25, 0.3) is 0 Å². The molecule has 0 bridgehead atoms. The highest BCUT2D eigenvalue weighted by Crippen LogP contribution is 2.25. The van der Waals surface area contributed by atoms with Gasteiger partial charge in [-0.05, 0) is 25.7 Å². The first-order chi connectivity index (χ1) is 12.5. The van der Waals surface area contributed by atoms with Crippen LogP contribution in [0.25, 0.3) is 0 Å². The predicted octanol–water partition coefficient (Wildman–Crippen LogP) is 0.120. The van der Waals surface area contributed by atoms with Crippen molar-refractivity contribution in [3.05, 3.63) is 0 Å². The van der Waals surface area contributed by atoms with Gasteiger partial charge in [-0.2, -0.15) is 0 Å². The summed E-state index contributed by atoms with van der Waals surface area (Å²) in [5.41, 5.74) is 0. The lowest BCUT2D eigenvalue weighted by Gasteiger charge is -2.23. The second-order valence-corrected chi connectivity index (χ2v) is 7.68. The van der Waals surface area contributed by atoms with Gasteiger partial charge in [0.2, 0.25) is 5.91 Å². The molecule has 0 aromatic heterocycles. The maximum absolute atomic E-state index is 12.2. The van der Waals surface area contributed by atoms with Gasteiger partial charge in [0.05, 0.1) is 12.5 Å². The topological polar surface area (TPSA) is 111 Å². The molecule has 0 aromatic carbocycles. The van der Waals surface area contributed by atoms with E-state index in [4.69, 9.17) is 4.74 Å². The van der Waals surface area contributed by atoms with E-state index < -0.39 is 24.4 Å². The summed E-state index contributed by atoms with van der Waals surface area (Å²) in [5.74, 6) is -0.0533. The van der Waals surface area contributed by atoms with Gasteiger partial charge in [0.1, 0.15) is 18.3 Å². The highest BCUT2D eigenvalue weighted by atomic mass is 16.5. The van der Waals surface area contributed by atoms with Crippen molar-refractivity contribution >= 4 is 11.9 Å². The molecule has 2 saturated heterocycles. The molecule has 8 nitrogen and oxygen atoms in total. The minimum Gasteiger partial charge on any atom is -0.388 e. The molecule has 1 aliphatic carbocycles. The standard InChI is InChI=1S/C18H31N3O5/c22-15(21-8-4-5-9-21)10-13-16(23)17(24)14(26-13)11-19-18(25)20-12-6-2-1-3-7-12/h12-14,16-17,23-24H,1-11H2,(H2,19,20,25). The molecule has 4 N–H and O–H groups in total. The van der Waals surface area contributed by atoms with Crippen molar-refractivity contribution in [3.63, 3.8) is 0 Å². The Balaban J connectivity index is 1.41. The number of ether oxygens (including phenoxy) is 1. The summed E-state index contributed by atoms with van der Waals surface area (Å²) in [6.45, 7) is 1.60. The number of aliphatic hydroxyl groups is 2. The van der Waals surface area contributed by atoms with E-state index in [1.165, 1.54) is 6.42 Å². The van der Waals surface area contributed by atoms with Crippen molar-refractivity contribution in [1.29, 1.82) is 0 Å². The molecule has 26 heavy (non-hydrogen) atoms. The number of carbonyl (C=O) groups is 2. The number of amides is 3. The normalized spacial score (nSPS) is 32.6. The second kappa shape index (κ2) is 9.01. The molecule has 3 aliphatic rings. The van der Waals surface area contributed by atoms with E-state index in [2.05, 4.69) is 10.6 Å². The van der Waals surface area contributed by atoms with Crippen LogP contribution in [0.3, 0.4) is 0 Å². The summed E-state index contributed by atoms with van der Waals surface area (Å²) < 4.78 is 5.67. The number of aliphatic hydroxyl groups excluding tert-OH is 2. The summed E-state index contributed by atoms with van der Waals surface area (Å²) in [5, 5.41) is 26.0. The van der Waals surface area contributed by atoms with Gasteiger partial charge in [-0.1, -0.05) is 19.3 Å². The molecule has 3 amide bonds. The lowest BCUT2D eigenvalue weighted by Crippen LogP contribution is -2.47. The summed E-state index contributed by atoms with van der Waals surface area (Å²) in [6.07, 6.45) is 3.88. The summed E-state index contributed by atoms with van der Waals surface area (Å²) in [4.78, 5) is 26.0. The average molecular weight is 369 g/mol. The Bertz CT molecular complexity index is 491. The third-order valence-electron chi connectivity index (χ3n) is 5.70. The molecule has 0 spiro atoms. The van der Waals surface area contributed by atoms with Crippen LogP contribution in [0.15, 0.2) is 0 Å².